The van der Waals surface area contributed by atoms with Gasteiger partial charge in [0.1, 0.15) is 11.3 Å². The number of fused-ring (bicyclic) bond motifs is 2. The molecule has 0 spiro atoms. The maximum Gasteiger partial charge on any atom is 0.285 e. The molecule has 156 valence electrons. The number of pyridine rings is 1. The molecular formula is C21H17N5O3S2. The van der Waals surface area contributed by atoms with Crippen molar-refractivity contribution >= 4 is 49.8 Å². The van der Waals surface area contributed by atoms with Crippen LogP contribution in [-0.4, -0.2) is 39.6 Å². The van der Waals surface area contributed by atoms with Crippen LogP contribution in [0.4, 0.5) is 0 Å². The van der Waals surface area contributed by atoms with Crippen molar-refractivity contribution in [1.82, 2.24) is 14.7 Å². The van der Waals surface area contributed by atoms with Crippen molar-refractivity contribution in [1.29, 1.82) is 0 Å². The highest BCUT2D eigenvalue weighted by Crippen LogP contribution is 2.37. The standard InChI is InChI=1S/C21H17N5O3S2/c1-12-17-18(13-6-3-2-4-7-13)23-21(30)24-20(17)26(25-12)31(28,29)16-10-9-15(27)19-14(16)8-5-11-22-19/h2-11,17-18,27H,1H3,(H,23,30). The fourth-order valence-corrected chi connectivity index (χ4v) is 5.71. The van der Waals surface area contributed by atoms with E-state index in [0.717, 1.165) is 9.98 Å². The molecule has 2 aliphatic heterocycles. The molecule has 3 aromatic rings. The summed E-state index contributed by atoms with van der Waals surface area (Å²) in [6, 6.07) is 15.2. The lowest BCUT2D eigenvalue weighted by molar-refractivity contribution is 0.480. The van der Waals surface area contributed by atoms with Crippen molar-refractivity contribution in [3.05, 3.63) is 66.4 Å². The molecule has 2 N–H and O–H groups in total. The Morgan fingerprint density at radius 2 is 1.87 bits per heavy atom. The van der Waals surface area contributed by atoms with Gasteiger partial charge in [0.25, 0.3) is 10.0 Å². The van der Waals surface area contributed by atoms with Crippen LogP contribution in [-0.2, 0) is 10.0 Å². The van der Waals surface area contributed by atoms with Gasteiger partial charge in [-0.2, -0.15) is 13.5 Å². The van der Waals surface area contributed by atoms with Crippen LogP contribution >= 0.6 is 12.2 Å². The van der Waals surface area contributed by atoms with Gasteiger partial charge in [0, 0.05) is 17.3 Å². The summed E-state index contributed by atoms with van der Waals surface area (Å²) in [5, 5.41) is 18.2. The van der Waals surface area contributed by atoms with Crippen LogP contribution in [0, 0.1) is 5.92 Å². The Hall–Kier alpha value is -3.37. The Kier molecular flexibility index (Phi) is 4.49. The van der Waals surface area contributed by atoms with Crippen molar-refractivity contribution in [2.45, 2.75) is 17.9 Å². The SMILES string of the molecule is CC1=NN(S(=O)(=O)c2ccc(O)c3ncccc23)C2=NC(=S)NC(c3ccccc3)C12. The number of phenols is 1. The third kappa shape index (κ3) is 3.06. The number of hydrogen-bond donors (Lipinski definition) is 2. The van der Waals surface area contributed by atoms with Crippen LogP contribution in [0.3, 0.4) is 0 Å². The monoisotopic (exact) mass is 451 g/mol. The molecule has 2 atom stereocenters. The lowest BCUT2D eigenvalue weighted by Crippen LogP contribution is -2.46. The quantitative estimate of drug-likeness (QED) is 0.593. The molecule has 2 aromatic carbocycles. The molecule has 1 aromatic heterocycles. The van der Waals surface area contributed by atoms with E-state index in [-0.39, 0.29) is 33.2 Å². The number of hydrogen-bond acceptors (Lipinski definition) is 6. The van der Waals surface area contributed by atoms with Gasteiger partial charge in [0.2, 0.25) is 0 Å². The first-order valence-electron chi connectivity index (χ1n) is 9.49. The molecule has 0 saturated carbocycles. The summed E-state index contributed by atoms with van der Waals surface area (Å²) >= 11 is 5.32. The number of nitrogens with one attached hydrogen (secondary N) is 1. The summed E-state index contributed by atoms with van der Waals surface area (Å²) < 4.78 is 28.3. The fraction of sp³-hybridized carbons (Fsp3) is 0.143. The Morgan fingerprint density at radius 3 is 2.65 bits per heavy atom. The largest absolute Gasteiger partial charge is 0.506 e. The molecule has 0 aliphatic carbocycles. The number of benzene rings is 2. The lowest BCUT2D eigenvalue weighted by Gasteiger charge is -2.31. The first-order valence-corrected chi connectivity index (χ1v) is 11.3. The minimum absolute atomic E-state index is 0.0194. The highest BCUT2D eigenvalue weighted by molar-refractivity contribution is 7.90. The van der Waals surface area contributed by atoms with Gasteiger partial charge in [-0.15, -0.1) is 4.41 Å². The molecule has 5 rings (SSSR count). The van der Waals surface area contributed by atoms with E-state index in [1.54, 1.807) is 19.1 Å². The second kappa shape index (κ2) is 7.10. The molecule has 0 bridgehead atoms. The Bertz CT molecular complexity index is 1390. The average molecular weight is 452 g/mol. The zero-order valence-corrected chi connectivity index (χ0v) is 17.9. The van der Waals surface area contributed by atoms with Gasteiger partial charge in [-0.05, 0) is 49.0 Å². The van der Waals surface area contributed by atoms with Crippen LogP contribution < -0.4 is 5.32 Å². The number of phenolic OH excluding ortho intramolecular Hbond substituents is 1. The molecule has 31 heavy (non-hydrogen) atoms. The summed E-state index contributed by atoms with van der Waals surface area (Å²) in [4.78, 5) is 8.44. The zero-order chi connectivity index (χ0) is 21.8. The highest BCUT2D eigenvalue weighted by Gasteiger charge is 2.46. The van der Waals surface area contributed by atoms with Gasteiger partial charge >= 0.3 is 0 Å². The van der Waals surface area contributed by atoms with E-state index in [4.69, 9.17) is 12.2 Å². The van der Waals surface area contributed by atoms with Crippen LogP contribution in [0.25, 0.3) is 10.9 Å². The van der Waals surface area contributed by atoms with E-state index in [9.17, 15) is 13.5 Å². The van der Waals surface area contributed by atoms with E-state index in [1.807, 2.05) is 30.3 Å². The van der Waals surface area contributed by atoms with Crippen LogP contribution in [0.2, 0.25) is 0 Å². The summed E-state index contributed by atoms with van der Waals surface area (Å²) in [6.45, 7) is 1.78. The van der Waals surface area contributed by atoms with Crippen molar-refractivity contribution in [3.8, 4) is 5.75 Å². The Morgan fingerprint density at radius 1 is 1.10 bits per heavy atom. The normalized spacial score (nSPS) is 20.8. The van der Waals surface area contributed by atoms with Crippen LogP contribution in [0.5, 0.6) is 5.75 Å². The van der Waals surface area contributed by atoms with Crippen molar-refractivity contribution in [2.24, 2.45) is 16.0 Å². The second-order valence-corrected chi connectivity index (χ2v) is 9.38. The van der Waals surface area contributed by atoms with Gasteiger partial charge in [0.15, 0.2) is 10.9 Å². The summed E-state index contributed by atoms with van der Waals surface area (Å²) in [7, 11) is -4.14. The smallest absolute Gasteiger partial charge is 0.285 e. The molecular weight excluding hydrogens is 434 g/mol. The van der Waals surface area contributed by atoms with E-state index in [1.165, 1.54) is 18.3 Å². The van der Waals surface area contributed by atoms with Gasteiger partial charge in [0.05, 0.1) is 16.9 Å². The van der Waals surface area contributed by atoms with E-state index in [0.29, 0.717) is 11.1 Å². The van der Waals surface area contributed by atoms with E-state index >= 15 is 0 Å². The third-order valence-electron chi connectivity index (χ3n) is 5.37. The maximum atomic E-state index is 13.7. The number of thiocarbonyl (C=S) groups is 1. The molecule has 2 unspecified atom stereocenters. The maximum absolute atomic E-state index is 13.7. The van der Waals surface area contributed by atoms with E-state index < -0.39 is 15.9 Å². The van der Waals surface area contributed by atoms with Crippen molar-refractivity contribution < 1.29 is 13.5 Å². The second-order valence-electron chi connectivity index (χ2n) is 7.26. The molecule has 2 aliphatic rings. The van der Waals surface area contributed by atoms with Gasteiger partial charge in [-0.25, -0.2) is 4.99 Å². The van der Waals surface area contributed by atoms with E-state index in [2.05, 4.69) is 20.4 Å². The fourth-order valence-electron chi connectivity index (χ4n) is 3.98. The third-order valence-corrected chi connectivity index (χ3v) is 7.22. The molecule has 3 heterocycles. The Labute approximate surface area is 184 Å². The van der Waals surface area contributed by atoms with Crippen molar-refractivity contribution in [2.75, 3.05) is 0 Å². The number of aromatic nitrogens is 1. The van der Waals surface area contributed by atoms with Crippen molar-refractivity contribution in [3.63, 3.8) is 0 Å². The highest BCUT2D eigenvalue weighted by atomic mass is 32.2. The zero-order valence-electron chi connectivity index (χ0n) is 16.3. The predicted octanol–water partition coefficient (Wildman–Crippen LogP) is 2.96. The molecule has 0 amide bonds. The first-order chi connectivity index (χ1) is 14.9. The summed E-state index contributed by atoms with van der Waals surface area (Å²) in [5.41, 5.74) is 1.76. The molecule has 10 heteroatoms. The van der Waals surface area contributed by atoms with Gasteiger partial charge < -0.3 is 10.4 Å². The molecule has 8 nitrogen and oxygen atoms in total. The number of hydrazone groups is 1. The summed E-state index contributed by atoms with van der Waals surface area (Å²) in [6.07, 6.45) is 1.49. The predicted molar refractivity (Wildman–Crippen MR) is 121 cm³/mol. The van der Waals surface area contributed by atoms with Gasteiger partial charge in [-0.1, -0.05) is 30.3 Å². The summed E-state index contributed by atoms with van der Waals surface area (Å²) in [5.74, 6) is -0.247. The van der Waals surface area contributed by atoms with Crippen LogP contribution in [0.15, 0.2) is 75.8 Å². The number of nitrogens with zero attached hydrogens (tertiary/aromatic N) is 4. The number of amidine groups is 1. The number of aliphatic imine (C=N–C) groups is 1. The number of rotatable bonds is 3. The minimum atomic E-state index is -4.14. The molecule has 0 saturated heterocycles. The number of aromatic hydroxyl groups is 1. The first kappa shape index (κ1) is 19.6. The minimum Gasteiger partial charge on any atom is -0.506 e. The Balaban J connectivity index is 1.64. The molecule has 0 radical (unpaired) electrons. The van der Waals surface area contributed by atoms with Crippen LogP contribution in [0.1, 0.15) is 18.5 Å². The lowest BCUT2D eigenvalue weighted by atomic mass is 9.88. The molecule has 0 fully saturated rings. The topological polar surface area (TPSA) is 107 Å². The number of sulfonamides is 1. The van der Waals surface area contributed by atoms with Gasteiger partial charge in [-0.3, -0.25) is 4.98 Å². The average Bonchev–Trinajstić information content (AvgIpc) is 3.11.